The Morgan fingerprint density at radius 1 is 1.03 bits per heavy atom. The average Bonchev–Trinajstić information content (AvgIpc) is 3.20. The number of rotatable bonds is 5. The molecule has 3 aromatic rings. The largest absolute Gasteiger partial charge is 0.457 e. The smallest absolute Gasteiger partial charge is 0.231 e. The van der Waals surface area contributed by atoms with Crippen molar-refractivity contribution in [1.29, 1.82) is 10.5 Å². The molecule has 1 fully saturated rings. The molecule has 0 aliphatic carbocycles. The van der Waals surface area contributed by atoms with E-state index in [-0.39, 0.29) is 18.5 Å². The van der Waals surface area contributed by atoms with Gasteiger partial charge in [0.2, 0.25) is 12.2 Å². The first-order valence-corrected chi connectivity index (χ1v) is 10.1. The number of guanidine groups is 1. The quantitative estimate of drug-likeness (QED) is 0.465. The highest BCUT2D eigenvalue weighted by molar-refractivity contribution is 6.30. The van der Waals surface area contributed by atoms with Crippen molar-refractivity contribution in [3.8, 4) is 23.9 Å². The van der Waals surface area contributed by atoms with Gasteiger partial charge in [0.05, 0.1) is 12.6 Å². The van der Waals surface area contributed by atoms with Gasteiger partial charge in [-0.05, 0) is 59.7 Å². The summed E-state index contributed by atoms with van der Waals surface area (Å²) in [5.74, 6) is 1.48. The molecule has 6 nitrogen and oxygen atoms in total. The Hall–Kier alpha value is -4.07. The third kappa shape index (κ3) is 4.34. The molecule has 1 aliphatic heterocycles. The Morgan fingerprint density at radius 3 is 2.34 bits per heavy atom. The number of nitrogens with zero attached hydrogens (tertiary/aromatic N) is 5. The molecule has 8 heteroatoms. The van der Waals surface area contributed by atoms with E-state index in [1.54, 1.807) is 65.7 Å². The molecule has 0 amide bonds. The minimum Gasteiger partial charge on any atom is -0.457 e. The molecular weight excluding hydrogens is 429 g/mol. The van der Waals surface area contributed by atoms with Crippen LogP contribution in [0.25, 0.3) is 0 Å². The van der Waals surface area contributed by atoms with Crippen molar-refractivity contribution in [1.82, 2.24) is 4.90 Å². The molecule has 0 radical (unpaired) electrons. The number of hydrogen-bond donors (Lipinski definition) is 0. The van der Waals surface area contributed by atoms with Gasteiger partial charge >= 0.3 is 0 Å². The maximum absolute atomic E-state index is 13.2. The van der Waals surface area contributed by atoms with E-state index in [4.69, 9.17) is 16.3 Å². The summed E-state index contributed by atoms with van der Waals surface area (Å²) in [6.45, 7) is -0.297. The van der Waals surface area contributed by atoms with Gasteiger partial charge in [0.15, 0.2) is 6.19 Å². The van der Waals surface area contributed by atoms with Crippen LogP contribution in [0.2, 0.25) is 5.02 Å². The number of hydrogen-bond acceptors (Lipinski definition) is 4. The van der Waals surface area contributed by atoms with Gasteiger partial charge in [-0.2, -0.15) is 10.5 Å². The van der Waals surface area contributed by atoms with Crippen molar-refractivity contribution in [2.75, 3.05) is 11.4 Å². The van der Waals surface area contributed by atoms with Gasteiger partial charge in [0, 0.05) is 10.7 Å². The zero-order valence-corrected chi connectivity index (χ0v) is 17.6. The molecule has 0 aromatic heterocycles. The zero-order valence-electron chi connectivity index (χ0n) is 16.8. The van der Waals surface area contributed by atoms with Crippen molar-refractivity contribution >= 4 is 23.2 Å². The van der Waals surface area contributed by atoms with Gasteiger partial charge in [-0.3, -0.25) is 0 Å². The van der Waals surface area contributed by atoms with E-state index in [0.29, 0.717) is 22.1 Å². The predicted octanol–water partition coefficient (Wildman–Crippen LogP) is 5.78. The second-order valence-electron chi connectivity index (χ2n) is 7.04. The van der Waals surface area contributed by atoms with Crippen LogP contribution in [0.1, 0.15) is 17.2 Å². The zero-order chi connectivity index (χ0) is 22.5. The normalized spacial score (nSPS) is 16.6. The van der Waals surface area contributed by atoms with E-state index in [9.17, 15) is 14.9 Å². The van der Waals surface area contributed by atoms with Crippen LogP contribution in [-0.2, 0) is 6.67 Å². The average molecular weight is 446 g/mol. The molecule has 158 valence electrons. The van der Waals surface area contributed by atoms with Gasteiger partial charge < -0.3 is 9.64 Å². The Kier molecular flexibility index (Phi) is 6.21. The molecule has 0 spiro atoms. The minimum atomic E-state index is -0.585. The standard InChI is InChI=1S/C24H17ClFN5O/c25-19-4-8-21(9-5-19)32-22-10-6-20(7-11-22)31-23(14-30(16-28)24(31)29-15-27)18-3-1-2-17(12-18)13-26/h1-12,23H,13-14H2/b29-24+/t23-/m1/s1. The summed E-state index contributed by atoms with van der Waals surface area (Å²) in [7, 11) is 0. The topological polar surface area (TPSA) is 75.7 Å². The van der Waals surface area contributed by atoms with Crippen LogP contribution < -0.4 is 9.64 Å². The lowest BCUT2D eigenvalue weighted by Gasteiger charge is -2.25. The van der Waals surface area contributed by atoms with E-state index < -0.39 is 6.67 Å². The lowest BCUT2D eigenvalue weighted by atomic mass is 10.0. The number of aliphatic imine (C=N–C) groups is 1. The first-order chi connectivity index (χ1) is 15.6. The molecule has 1 heterocycles. The molecule has 4 rings (SSSR count). The monoisotopic (exact) mass is 445 g/mol. The van der Waals surface area contributed by atoms with Crippen molar-refractivity contribution < 1.29 is 9.13 Å². The minimum absolute atomic E-state index is 0.219. The summed E-state index contributed by atoms with van der Waals surface area (Å²) >= 11 is 5.91. The highest BCUT2D eigenvalue weighted by Gasteiger charge is 2.38. The highest BCUT2D eigenvalue weighted by atomic mass is 35.5. The fourth-order valence-corrected chi connectivity index (χ4v) is 3.72. The summed E-state index contributed by atoms with van der Waals surface area (Å²) in [6, 6.07) is 21.1. The van der Waals surface area contributed by atoms with Gasteiger partial charge in [-0.15, -0.1) is 4.99 Å². The van der Waals surface area contributed by atoms with Crippen molar-refractivity contribution in [3.05, 3.63) is 88.9 Å². The fourth-order valence-electron chi connectivity index (χ4n) is 3.60. The number of ether oxygens (including phenoxy) is 1. The SMILES string of the molecule is N#C/N=C1\N(C#N)C[C@H](c2cccc(CF)c2)N1c1ccc(Oc2ccc(Cl)cc2)cc1. The van der Waals surface area contributed by atoms with E-state index in [0.717, 1.165) is 11.3 Å². The Labute approximate surface area is 190 Å². The third-order valence-electron chi connectivity index (χ3n) is 5.05. The van der Waals surface area contributed by atoms with Crippen LogP contribution in [0.5, 0.6) is 11.5 Å². The number of anilines is 1. The number of alkyl halides is 1. The lowest BCUT2D eigenvalue weighted by Crippen LogP contribution is -2.32. The third-order valence-corrected chi connectivity index (χ3v) is 5.30. The van der Waals surface area contributed by atoms with Gasteiger partial charge in [-0.25, -0.2) is 9.29 Å². The summed E-state index contributed by atoms with van der Waals surface area (Å²) in [5, 5.41) is 19.4. The highest BCUT2D eigenvalue weighted by Crippen LogP contribution is 2.36. The molecule has 3 aromatic carbocycles. The van der Waals surface area contributed by atoms with Crippen LogP contribution >= 0.6 is 11.6 Å². The molecule has 0 saturated carbocycles. The molecule has 1 saturated heterocycles. The van der Waals surface area contributed by atoms with E-state index in [1.165, 1.54) is 4.90 Å². The van der Waals surface area contributed by atoms with Crippen LogP contribution in [0, 0.1) is 22.9 Å². The van der Waals surface area contributed by atoms with Crippen molar-refractivity contribution in [2.45, 2.75) is 12.7 Å². The van der Waals surface area contributed by atoms with Crippen LogP contribution in [0.4, 0.5) is 10.1 Å². The van der Waals surface area contributed by atoms with E-state index in [2.05, 4.69) is 11.2 Å². The first-order valence-electron chi connectivity index (χ1n) is 9.74. The van der Waals surface area contributed by atoms with E-state index >= 15 is 0 Å². The summed E-state index contributed by atoms with van der Waals surface area (Å²) in [6.07, 6.45) is 3.85. The second kappa shape index (κ2) is 9.38. The summed E-state index contributed by atoms with van der Waals surface area (Å²) < 4.78 is 19.1. The van der Waals surface area contributed by atoms with Crippen molar-refractivity contribution in [3.63, 3.8) is 0 Å². The molecule has 0 bridgehead atoms. The van der Waals surface area contributed by atoms with Crippen molar-refractivity contribution in [2.24, 2.45) is 4.99 Å². The maximum atomic E-state index is 13.2. The number of benzene rings is 3. The van der Waals surface area contributed by atoms with Gasteiger partial charge in [0.1, 0.15) is 18.2 Å². The molecule has 1 atom stereocenters. The second-order valence-corrected chi connectivity index (χ2v) is 7.47. The number of halogens is 2. The molecular formula is C24H17ClFN5O. The van der Waals surface area contributed by atoms with Gasteiger partial charge in [0.25, 0.3) is 0 Å². The Morgan fingerprint density at radius 2 is 1.72 bits per heavy atom. The lowest BCUT2D eigenvalue weighted by molar-refractivity contribution is 0.482. The summed E-state index contributed by atoms with van der Waals surface area (Å²) in [4.78, 5) is 7.04. The van der Waals surface area contributed by atoms with E-state index in [1.807, 2.05) is 18.2 Å². The molecule has 32 heavy (non-hydrogen) atoms. The molecule has 1 aliphatic rings. The Bertz CT molecular complexity index is 1210. The molecule has 0 N–H and O–H groups in total. The maximum Gasteiger partial charge on any atom is 0.231 e. The first kappa shape index (κ1) is 21.2. The van der Waals surface area contributed by atoms with Crippen LogP contribution in [-0.4, -0.2) is 17.4 Å². The Balaban J connectivity index is 1.68. The van der Waals surface area contributed by atoms with Gasteiger partial charge in [-0.1, -0.05) is 35.9 Å². The fraction of sp³-hybridized carbons (Fsp3) is 0.125. The molecule has 0 unspecified atom stereocenters. The number of nitriles is 2. The van der Waals surface area contributed by atoms with Crippen LogP contribution in [0.15, 0.2) is 77.8 Å². The summed E-state index contributed by atoms with van der Waals surface area (Å²) in [5.41, 5.74) is 2.09. The van der Waals surface area contributed by atoms with Crippen LogP contribution in [0.3, 0.4) is 0 Å². The predicted molar refractivity (Wildman–Crippen MR) is 120 cm³/mol.